The molecule has 0 aliphatic carbocycles. The van der Waals surface area contributed by atoms with Crippen LogP contribution in [0.15, 0.2) is 28.9 Å². The zero-order valence-electron chi connectivity index (χ0n) is 13.2. The van der Waals surface area contributed by atoms with Gasteiger partial charge in [0.25, 0.3) is 0 Å². The van der Waals surface area contributed by atoms with E-state index in [0.717, 1.165) is 18.7 Å². The second-order valence-electron chi connectivity index (χ2n) is 5.78. The molecular weight excluding hydrogens is 294 g/mol. The molecule has 1 unspecified atom stereocenters. The Bertz CT molecular complexity index is 643. The lowest BCUT2D eigenvalue weighted by Gasteiger charge is -2.33. The molecule has 1 amide bonds. The van der Waals surface area contributed by atoms with Crippen molar-refractivity contribution >= 4 is 5.91 Å². The molecule has 7 heteroatoms. The van der Waals surface area contributed by atoms with E-state index < -0.39 is 0 Å². The molecule has 7 nitrogen and oxygen atoms in total. The van der Waals surface area contributed by atoms with E-state index >= 15 is 0 Å². The van der Waals surface area contributed by atoms with Crippen molar-refractivity contribution in [2.75, 3.05) is 19.6 Å². The molecule has 2 aromatic heterocycles. The van der Waals surface area contributed by atoms with Crippen molar-refractivity contribution in [2.24, 2.45) is 0 Å². The first-order valence-electron chi connectivity index (χ1n) is 8.00. The normalized spacial score (nSPS) is 18.7. The molecule has 1 aliphatic rings. The number of piperidine rings is 1. The summed E-state index contributed by atoms with van der Waals surface area (Å²) in [6, 6.07) is 4.10. The Morgan fingerprint density at radius 3 is 2.96 bits per heavy atom. The van der Waals surface area contributed by atoms with Gasteiger partial charge in [0, 0.05) is 37.1 Å². The minimum absolute atomic E-state index is 0.0106. The van der Waals surface area contributed by atoms with E-state index in [1.807, 2.05) is 0 Å². The SMILES string of the molecule is CC1CCCCN1CCNC(=O)c1nnc(-c2ccncc2)o1. The lowest BCUT2D eigenvalue weighted by Crippen LogP contribution is -2.42. The first-order valence-corrected chi connectivity index (χ1v) is 8.00. The Labute approximate surface area is 135 Å². The van der Waals surface area contributed by atoms with E-state index in [0.29, 0.717) is 18.5 Å². The molecular formula is C16H21N5O2. The van der Waals surface area contributed by atoms with Gasteiger partial charge in [-0.3, -0.25) is 14.7 Å². The molecule has 1 aliphatic heterocycles. The molecule has 2 aromatic rings. The first-order chi connectivity index (χ1) is 11.2. The van der Waals surface area contributed by atoms with Crippen molar-refractivity contribution in [3.05, 3.63) is 30.4 Å². The van der Waals surface area contributed by atoms with Gasteiger partial charge in [-0.1, -0.05) is 6.42 Å². The highest BCUT2D eigenvalue weighted by Gasteiger charge is 2.19. The monoisotopic (exact) mass is 315 g/mol. The average molecular weight is 315 g/mol. The molecule has 0 saturated carbocycles. The van der Waals surface area contributed by atoms with E-state index in [-0.39, 0.29) is 11.8 Å². The third kappa shape index (κ3) is 3.92. The largest absolute Gasteiger partial charge is 0.412 e. The molecule has 3 heterocycles. The summed E-state index contributed by atoms with van der Waals surface area (Å²) in [5.74, 6) is -0.0202. The number of nitrogens with zero attached hydrogens (tertiary/aromatic N) is 4. The lowest BCUT2D eigenvalue weighted by molar-refractivity contribution is 0.0905. The van der Waals surface area contributed by atoms with Crippen LogP contribution in [0.1, 0.15) is 36.9 Å². The van der Waals surface area contributed by atoms with Crippen LogP contribution >= 0.6 is 0 Å². The maximum Gasteiger partial charge on any atom is 0.308 e. The van der Waals surface area contributed by atoms with Crippen LogP contribution < -0.4 is 5.32 Å². The number of pyridine rings is 1. The van der Waals surface area contributed by atoms with Gasteiger partial charge in [0.05, 0.1) is 0 Å². The summed E-state index contributed by atoms with van der Waals surface area (Å²) in [7, 11) is 0. The van der Waals surface area contributed by atoms with Gasteiger partial charge in [-0.25, -0.2) is 0 Å². The van der Waals surface area contributed by atoms with Crippen LogP contribution in [0, 0.1) is 0 Å². The van der Waals surface area contributed by atoms with Gasteiger partial charge in [-0.05, 0) is 38.4 Å². The van der Waals surface area contributed by atoms with Crippen LogP contribution in [0.3, 0.4) is 0 Å². The maximum atomic E-state index is 12.1. The molecule has 122 valence electrons. The summed E-state index contributed by atoms with van der Waals surface area (Å²) < 4.78 is 5.42. The number of rotatable bonds is 5. The van der Waals surface area contributed by atoms with Gasteiger partial charge in [0.1, 0.15) is 0 Å². The number of carbonyl (C=O) groups is 1. The summed E-state index contributed by atoms with van der Waals surface area (Å²) in [5, 5.41) is 10.6. The van der Waals surface area contributed by atoms with Crippen LogP contribution in [0.5, 0.6) is 0 Å². The molecule has 0 spiro atoms. The van der Waals surface area contributed by atoms with Crippen LogP contribution in [0.4, 0.5) is 0 Å². The average Bonchev–Trinajstić information content (AvgIpc) is 3.07. The highest BCUT2D eigenvalue weighted by atomic mass is 16.4. The number of carbonyl (C=O) groups excluding carboxylic acids is 1. The van der Waals surface area contributed by atoms with Gasteiger partial charge in [0.2, 0.25) is 5.89 Å². The van der Waals surface area contributed by atoms with Gasteiger partial charge in [-0.15, -0.1) is 10.2 Å². The maximum absolute atomic E-state index is 12.1. The van der Waals surface area contributed by atoms with Crippen LogP contribution in [-0.4, -0.2) is 51.7 Å². The fraction of sp³-hybridized carbons (Fsp3) is 0.500. The Morgan fingerprint density at radius 1 is 1.35 bits per heavy atom. The number of hydrogen-bond donors (Lipinski definition) is 1. The van der Waals surface area contributed by atoms with Gasteiger partial charge < -0.3 is 9.73 Å². The minimum Gasteiger partial charge on any atom is -0.412 e. The van der Waals surface area contributed by atoms with Crippen molar-refractivity contribution in [1.29, 1.82) is 0 Å². The zero-order chi connectivity index (χ0) is 16.1. The van der Waals surface area contributed by atoms with Gasteiger partial charge in [0.15, 0.2) is 0 Å². The predicted molar refractivity (Wildman–Crippen MR) is 84.7 cm³/mol. The van der Waals surface area contributed by atoms with Crippen molar-refractivity contribution in [3.63, 3.8) is 0 Å². The summed E-state index contributed by atoms with van der Waals surface area (Å²) in [5.41, 5.74) is 0.744. The fourth-order valence-electron chi connectivity index (χ4n) is 2.80. The van der Waals surface area contributed by atoms with E-state index in [1.165, 1.54) is 19.3 Å². The zero-order valence-corrected chi connectivity index (χ0v) is 13.2. The van der Waals surface area contributed by atoms with E-state index in [9.17, 15) is 4.79 Å². The molecule has 0 bridgehead atoms. The van der Waals surface area contributed by atoms with Crippen LogP contribution in [0.25, 0.3) is 11.5 Å². The third-order valence-electron chi connectivity index (χ3n) is 4.17. The van der Waals surface area contributed by atoms with Crippen molar-refractivity contribution in [2.45, 2.75) is 32.2 Å². The van der Waals surface area contributed by atoms with Crippen molar-refractivity contribution in [1.82, 2.24) is 25.4 Å². The highest BCUT2D eigenvalue weighted by Crippen LogP contribution is 2.16. The smallest absolute Gasteiger partial charge is 0.308 e. The van der Waals surface area contributed by atoms with Gasteiger partial charge >= 0.3 is 11.8 Å². The first kappa shape index (κ1) is 15.6. The molecule has 0 aromatic carbocycles. The second kappa shape index (κ2) is 7.32. The van der Waals surface area contributed by atoms with E-state index in [1.54, 1.807) is 24.5 Å². The second-order valence-corrected chi connectivity index (χ2v) is 5.78. The molecule has 23 heavy (non-hydrogen) atoms. The van der Waals surface area contributed by atoms with Crippen LogP contribution in [0.2, 0.25) is 0 Å². The molecule has 3 rings (SSSR count). The van der Waals surface area contributed by atoms with Crippen molar-refractivity contribution in [3.8, 4) is 11.5 Å². The third-order valence-corrected chi connectivity index (χ3v) is 4.17. The Kier molecular flexibility index (Phi) is 4.97. The summed E-state index contributed by atoms with van der Waals surface area (Å²) in [6.45, 7) is 4.76. The highest BCUT2D eigenvalue weighted by molar-refractivity contribution is 5.89. The number of amides is 1. The number of aromatic nitrogens is 3. The topological polar surface area (TPSA) is 84.2 Å². The molecule has 1 fully saturated rings. The van der Waals surface area contributed by atoms with E-state index in [2.05, 4.69) is 32.3 Å². The quantitative estimate of drug-likeness (QED) is 0.904. The Balaban J connectivity index is 1.52. The standard InChI is InChI=1S/C16H21N5O2/c1-12-4-2-3-10-21(12)11-9-18-14(22)16-20-19-15(23-16)13-5-7-17-8-6-13/h5-8,12H,2-4,9-11H2,1H3,(H,18,22). The van der Waals surface area contributed by atoms with Gasteiger partial charge in [-0.2, -0.15) is 0 Å². The molecule has 1 N–H and O–H groups in total. The van der Waals surface area contributed by atoms with Crippen molar-refractivity contribution < 1.29 is 9.21 Å². The summed E-state index contributed by atoms with van der Waals surface area (Å²) in [4.78, 5) is 18.4. The number of hydrogen-bond acceptors (Lipinski definition) is 6. The summed E-state index contributed by atoms with van der Waals surface area (Å²) >= 11 is 0. The number of nitrogens with one attached hydrogen (secondary N) is 1. The predicted octanol–water partition coefficient (Wildman–Crippen LogP) is 1.74. The fourth-order valence-corrected chi connectivity index (χ4v) is 2.80. The minimum atomic E-state index is -0.331. The number of likely N-dealkylation sites (tertiary alicyclic amines) is 1. The van der Waals surface area contributed by atoms with Crippen LogP contribution in [-0.2, 0) is 0 Å². The molecule has 1 atom stereocenters. The van der Waals surface area contributed by atoms with E-state index in [4.69, 9.17) is 4.42 Å². The summed E-state index contributed by atoms with van der Waals surface area (Å²) in [6.07, 6.45) is 7.03. The lowest BCUT2D eigenvalue weighted by atomic mass is 10.0. The Morgan fingerprint density at radius 2 is 2.17 bits per heavy atom. The Hall–Kier alpha value is -2.28. The molecule has 0 radical (unpaired) electrons. The molecule has 1 saturated heterocycles.